The van der Waals surface area contributed by atoms with Crippen LogP contribution in [0, 0.1) is 0 Å². The van der Waals surface area contributed by atoms with Crippen molar-refractivity contribution in [2.24, 2.45) is 0 Å². The second-order valence-corrected chi connectivity index (χ2v) is 3.83. The molecule has 0 aliphatic rings. The van der Waals surface area contributed by atoms with E-state index in [1.54, 1.807) is 0 Å². The maximum atomic E-state index is 10.9. The Morgan fingerprint density at radius 2 is 1.94 bits per heavy atom. The van der Waals surface area contributed by atoms with Gasteiger partial charge in [0, 0.05) is 11.9 Å². The Kier molecular flexibility index (Phi) is 4.43. The summed E-state index contributed by atoms with van der Waals surface area (Å²) in [4.78, 5) is 10.9. The van der Waals surface area contributed by atoms with Crippen molar-refractivity contribution in [1.29, 1.82) is 0 Å². The van der Waals surface area contributed by atoms with Crippen LogP contribution >= 0.6 is 11.6 Å². The number of aryl methyl sites for hydroxylation is 1. The van der Waals surface area contributed by atoms with Crippen LogP contribution in [0.3, 0.4) is 0 Å². The van der Waals surface area contributed by atoms with Gasteiger partial charge in [-0.3, -0.25) is 0 Å². The second kappa shape index (κ2) is 5.61. The lowest BCUT2D eigenvalue weighted by atomic mass is 10.0. The molecule has 0 aliphatic carbocycles. The van der Waals surface area contributed by atoms with Crippen LogP contribution in [-0.2, 0) is 6.42 Å². The van der Waals surface area contributed by atoms with Gasteiger partial charge in [0.15, 0.2) is 0 Å². The van der Waals surface area contributed by atoms with Crippen molar-refractivity contribution in [3.8, 4) is 11.5 Å². The molecular formula is C11H13ClO4. The van der Waals surface area contributed by atoms with Gasteiger partial charge in [0.05, 0.1) is 0 Å². The van der Waals surface area contributed by atoms with E-state index >= 15 is 0 Å². The Morgan fingerprint density at radius 3 is 2.50 bits per heavy atom. The quantitative estimate of drug-likeness (QED) is 0.549. The second-order valence-electron chi connectivity index (χ2n) is 3.45. The number of unbranched alkanes of at least 4 members (excludes halogenated alkanes) is 1. The number of benzene rings is 1. The third-order valence-electron chi connectivity index (χ3n) is 2.23. The number of rotatable bonds is 5. The number of hydrogen-bond donors (Lipinski definition) is 3. The Labute approximate surface area is 98.1 Å². The van der Waals surface area contributed by atoms with Crippen molar-refractivity contribution in [3.63, 3.8) is 0 Å². The average molecular weight is 245 g/mol. The number of alkyl halides is 1. The molecular weight excluding hydrogens is 232 g/mol. The number of carboxylic acid groups (broad SMARTS) is 1. The van der Waals surface area contributed by atoms with Crippen molar-refractivity contribution in [3.05, 3.63) is 23.3 Å². The molecule has 0 aromatic heterocycles. The van der Waals surface area contributed by atoms with E-state index < -0.39 is 11.7 Å². The fourth-order valence-corrected chi connectivity index (χ4v) is 1.71. The van der Waals surface area contributed by atoms with Crippen molar-refractivity contribution >= 4 is 17.6 Å². The van der Waals surface area contributed by atoms with Crippen LogP contribution in [0.25, 0.3) is 0 Å². The highest BCUT2D eigenvalue weighted by molar-refractivity contribution is 6.17. The lowest BCUT2D eigenvalue weighted by Gasteiger charge is -2.08. The number of phenolic OH excluding ortho intramolecular Hbond substituents is 1. The predicted octanol–water partition coefficient (Wildman–Crippen LogP) is 2.36. The molecule has 1 aromatic rings. The fourth-order valence-electron chi connectivity index (χ4n) is 1.52. The zero-order valence-corrected chi connectivity index (χ0v) is 9.37. The first-order valence-electron chi connectivity index (χ1n) is 4.90. The zero-order valence-electron chi connectivity index (χ0n) is 8.61. The highest BCUT2D eigenvalue weighted by atomic mass is 35.5. The van der Waals surface area contributed by atoms with E-state index in [1.165, 1.54) is 6.07 Å². The Balaban J connectivity index is 2.99. The Morgan fingerprint density at radius 1 is 1.25 bits per heavy atom. The van der Waals surface area contributed by atoms with Crippen molar-refractivity contribution < 1.29 is 20.1 Å². The highest BCUT2D eigenvalue weighted by Gasteiger charge is 2.16. The third-order valence-corrected chi connectivity index (χ3v) is 2.49. The summed E-state index contributed by atoms with van der Waals surface area (Å²) in [6.45, 7) is 0. The molecule has 0 atom stereocenters. The minimum absolute atomic E-state index is 0.136. The van der Waals surface area contributed by atoms with Gasteiger partial charge < -0.3 is 15.3 Å². The van der Waals surface area contributed by atoms with E-state index in [9.17, 15) is 15.0 Å². The summed E-state index contributed by atoms with van der Waals surface area (Å²) >= 11 is 5.52. The van der Waals surface area contributed by atoms with Crippen LogP contribution in [0.5, 0.6) is 11.5 Å². The fraction of sp³-hybridized carbons (Fsp3) is 0.364. The van der Waals surface area contributed by atoms with Crippen LogP contribution in [0.1, 0.15) is 28.8 Å². The van der Waals surface area contributed by atoms with Crippen molar-refractivity contribution in [2.45, 2.75) is 19.3 Å². The SMILES string of the molecule is O=C(O)c1c(O)cc(O)cc1CCCCCl. The first-order chi connectivity index (χ1) is 7.56. The third kappa shape index (κ3) is 3.03. The van der Waals surface area contributed by atoms with Gasteiger partial charge in [0.25, 0.3) is 0 Å². The Hall–Kier alpha value is -1.42. The van der Waals surface area contributed by atoms with Crippen LogP contribution in [-0.4, -0.2) is 27.2 Å². The molecule has 0 saturated heterocycles. The van der Waals surface area contributed by atoms with Gasteiger partial charge in [-0.25, -0.2) is 4.79 Å². The maximum Gasteiger partial charge on any atom is 0.339 e. The predicted molar refractivity (Wildman–Crippen MR) is 60.4 cm³/mol. The molecule has 0 bridgehead atoms. The van der Waals surface area contributed by atoms with Crippen LogP contribution in [0.15, 0.2) is 12.1 Å². The van der Waals surface area contributed by atoms with E-state index in [2.05, 4.69) is 0 Å². The number of aromatic hydroxyl groups is 2. The maximum absolute atomic E-state index is 10.9. The lowest BCUT2D eigenvalue weighted by molar-refractivity contribution is 0.0692. The van der Waals surface area contributed by atoms with Crippen LogP contribution in [0.4, 0.5) is 0 Å². The molecule has 0 amide bonds. The van der Waals surface area contributed by atoms with E-state index in [0.717, 1.165) is 12.5 Å². The van der Waals surface area contributed by atoms with Crippen molar-refractivity contribution in [1.82, 2.24) is 0 Å². The lowest BCUT2D eigenvalue weighted by Crippen LogP contribution is -2.03. The molecule has 0 aliphatic heterocycles. The molecule has 1 rings (SSSR count). The number of phenols is 2. The van der Waals surface area contributed by atoms with Crippen LogP contribution < -0.4 is 0 Å². The van der Waals surface area contributed by atoms with Gasteiger partial charge in [-0.2, -0.15) is 0 Å². The zero-order chi connectivity index (χ0) is 12.1. The summed E-state index contributed by atoms with van der Waals surface area (Å²) in [7, 11) is 0. The monoisotopic (exact) mass is 244 g/mol. The number of hydrogen-bond acceptors (Lipinski definition) is 3. The van der Waals surface area contributed by atoms with Gasteiger partial charge in [-0.15, -0.1) is 11.6 Å². The van der Waals surface area contributed by atoms with E-state index in [0.29, 0.717) is 24.3 Å². The van der Waals surface area contributed by atoms with Gasteiger partial charge in [-0.05, 0) is 30.9 Å². The molecule has 5 heteroatoms. The standard InChI is InChI=1S/C11H13ClO4/c12-4-2-1-3-7-5-8(13)6-9(14)10(7)11(15)16/h5-6,13-14H,1-4H2,(H,15,16). The molecule has 0 saturated carbocycles. The molecule has 0 spiro atoms. The molecule has 4 nitrogen and oxygen atoms in total. The van der Waals surface area contributed by atoms with Gasteiger partial charge in [0.1, 0.15) is 17.1 Å². The molecule has 88 valence electrons. The molecule has 0 heterocycles. The molecule has 0 unspecified atom stereocenters. The summed E-state index contributed by atoms with van der Waals surface area (Å²) in [6, 6.07) is 2.38. The minimum atomic E-state index is -1.20. The summed E-state index contributed by atoms with van der Waals surface area (Å²) in [5.74, 6) is -1.23. The summed E-state index contributed by atoms with van der Waals surface area (Å²) in [5.41, 5.74) is 0.280. The minimum Gasteiger partial charge on any atom is -0.508 e. The van der Waals surface area contributed by atoms with Gasteiger partial charge in [0.2, 0.25) is 0 Å². The average Bonchev–Trinajstić information content (AvgIpc) is 2.16. The highest BCUT2D eigenvalue weighted by Crippen LogP contribution is 2.28. The van der Waals surface area contributed by atoms with Crippen LogP contribution in [0.2, 0.25) is 0 Å². The molecule has 1 aromatic carbocycles. The largest absolute Gasteiger partial charge is 0.508 e. The first kappa shape index (κ1) is 12.6. The number of halogens is 1. The number of carbonyl (C=O) groups is 1. The summed E-state index contributed by atoms with van der Waals surface area (Å²) < 4.78 is 0. The molecule has 3 N–H and O–H groups in total. The number of carboxylic acids is 1. The first-order valence-corrected chi connectivity index (χ1v) is 5.43. The molecule has 0 radical (unpaired) electrons. The molecule has 16 heavy (non-hydrogen) atoms. The Bertz CT molecular complexity index is 390. The van der Waals surface area contributed by atoms with E-state index in [1.807, 2.05) is 0 Å². The van der Waals surface area contributed by atoms with Gasteiger partial charge in [-0.1, -0.05) is 0 Å². The van der Waals surface area contributed by atoms with Gasteiger partial charge >= 0.3 is 5.97 Å². The number of aromatic carboxylic acids is 1. The van der Waals surface area contributed by atoms with E-state index in [-0.39, 0.29) is 11.3 Å². The topological polar surface area (TPSA) is 77.8 Å². The smallest absolute Gasteiger partial charge is 0.339 e. The normalized spacial score (nSPS) is 10.3. The molecule has 0 fully saturated rings. The van der Waals surface area contributed by atoms with E-state index in [4.69, 9.17) is 16.7 Å². The van der Waals surface area contributed by atoms with Crippen molar-refractivity contribution in [2.75, 3.05) is 5.88 Å². The summed E-state index contributed by atoms with van der Waals surface area (Å²) in [5, 5.41) is 27.6. The summed E-state index contributed by atoms with van der Waals surface area (Å²) in [6.07, 6.45) is 1.94.